The van der Waals surface area contributed by atoms with Crippen LogP contribution >= 0.6 is 15.9 Å². The van der Waals surface area contributed by atoms with Gasteiger partial charge in [0, 0.05) is 10.5 Å². The van der Waals surface area contributed by atoms with Crippen LogP contribution < -0.4 is 10.1 Å². The smallest absolute Gasteiger partial charge is 0.119 e. The van der Waals surface area contributed by atoms with E-state index in [9.17, 15) is 0 Å². The molecule has 0 aliphatic rings. The Hall–Kier alpha value is -1.32. The number of methoxy groups -OCH3 is 1. The van der Waals surface area contributed by atoms with E-state index in [2.05, 4.69) is 64.6 Å². The maximum Gasteiger partial charge on any atom is 0.119 e. The molecule has 0 aromatic heterocycles. The number of hydrogen-bond donors (Lipinski definition) is 1. The van der Waals surface area contributed by atoms with Crippen molar-refractivity contribution >= 4 is 15.9 Å². The molecule has 1 unspecified atom stereocenters. The first kappa shape index (κ1) is 15.1. The Bertz CT molecular complexity index is 539. The fraction of sp³-hybridized carbons (Fsp3) is 0.294. The van der Waals surface area contributed by atoms with Crippen LogP contribution in [0.25, 0.3) is 0 Å². The van der Waals surface area contributed by atoms with Crippen molar-refractivity contribution in [1.29, 1.82) is 0 Å². The summed E-state index contributed by atoms with van der Waals surface area (Å²) in [6.45, 7) is 3.08. The van der Waals surface area contributed by atoms with Gasteiger partial charge in [0.25, 0.3) is 0 Å². The molecule has 2 rings (SSSR count). The highest BCUT2D eigenvalue weighted by Gasteiger charge is 2.11. The van der Waals surface area contributed by atoms with Gasteiger partial charge < -0.3 is 10.1 Å². The van der Waals surface area contributed by atoms with Crippen LogP contribution in [0.15, 0.2) is 53.0 Å². The lowest BCUT2D eigenvalue weighted by Crippen LogP contribution is -2.22. The molecule has 106 valence electrons. The fourth-order valence-corrected chi connectivity index (χ4v) is 2.53. The molecule has 3 heteroatoms. The van der Waals surface area contributed by atoms with Gasteiger partial charge in [-0.2, -0.15) is 0 Å². The minimum absolute atomic E-state index is 0.302. The third-order valence-electron chi connectivity index (χ3n) is 3.30. The molecule has 0 aliphatic heterocycles. The summed E-state index contributed by atoms with van der Waals surface area (Å²) in [5.74, 6) is 0.904. The number of halogens is 1. The molecule has 0 spiro atoms. The topological polar surface area (TPSA) is 21.3 Å². The monoisotopic (exact) mass is 333 g/mol. The van der Waals surface area contributed by atoms with Gasteiger partial charge in [0.05, 0.1) is 7.11 Å². The standard InChI is InChI=1S/C17H20BrNO/c1-3-19-17(11-13-7-9-15(18)10-8-13)14-5-4-6-16(12-14)20-2/h4-10,12,17,19H,3,11H2,1-2H3. The zero-order valence-electron chi connectivity index (χ0n) is 11.9. The molecule has 0 heterocycles. The molecule has 2 nitrogen and oxygen atoms in total. The Labute approximate surface area is 129 Å². The Morgan fingerprint density at radius 2 is 1.90 bits per heavy atom. The summed E-state index contributed by atoms with van der Waals surface area (Å²) in [4.78, 5) is 0. The average Bonchev–Trinajstić information content (AvgIpc) is 2.49. The Morgan fingerprint density at radius 3 is 2.55 bits per heavy atom. The van der Waals surface area contributed by atoms with E-state index in [1.807, 2.05) is 12.1 Å². The van der Waals surface area contributed by atoms with Crippen LogP contribution in [0.4, 0.5) is 0 Å². The zero-order valence-corrected chi connectivity index (χ0v) is 13.5. The first-order valence-corrected chi connectivity index (χ1v) is 7.64. The number of nitrogens with one attached hydrogen (secondary N) is 1. The SMILES string of the molecule is CCNC(Cc1ccc(Br)cc1)c1cccc(OC)c1. The minimum Gasteiger partial charge on any atom is -0.497 e. The predicted octanol–water partition coefficient (Wildman–Crippen LogP) is 4.35. The van der Waals surface area contributed by atoms with Crippen LogP contribution in [0.1, 0.15) is 24.1 Å². The van der Waals surface area contributed by atoms with E-state index in [4.69, 9.17) is 4.74 Å². The van der Waals surface area contributed by atoms with Crippen LogP contribution in [-0.2, 0) is 6.42 Å². The molecule has 2 aromatic rings. The number of hydrogen-bond acceptors (Lipinski definition) is 2. The largest absolute Gasteiger partial charge is 0.497 e. The Kier molecular flexibility index (Phi) is 5.62. The molecule has 20 heavy (non-hydrogen) atoms. The van der Waals surface area contributed by atoms with Gasteiger partial charge in [0.15, 0.2) is 0 Å². The van der Waals surface area contributed by atoms with E-state index in [1.165, 1.54) is 11.1 Å². The van der Waals surface area contributed by atoms with Crippen LogP contribution in [0.5, 0.6) is 5.75 Å². The van der Waals surface area contributed by atoms with Gasteiger partial charge in [-0.05, 0) is 48.4 Å². The van der Waals surface area contributed by atoms with Crippen molar-refractivity contribution in [2.75, 3.05) is 13.7 Å². The van der Waals surface area contributed by atoms with Crippen LogP contribution in [0.2, 0.25) is 0 Å². The van der Waals surface area contributed by atoms with Crippen molar-refractivity contribution in [3.05, 3.63) is 64.1 Å². The fourth-order valence-electron chi connectivity index (χ4n) is 2.27. The minimum atomic E-state index is 0.302. The first-order valence-electron chi connectivity index (χ1n) is 6.84. The summed E-state index contributed by atoms with van der Waals surface area (Å²) >= 11 is 3.47. The van der Waals surface area contributed by atoms with Crippen molar-refractivity contribution in [3.63, 3.8) is 0 Å². The van der Waals surface area contributed by atoms with Gasteiger partial charge in [0.1, 0.15) is 5.75 Å². The average molecular weight is 334 g/mol. The molecule has 0 fully saturated rings. The van der Waals surface area contributed by atoms with Crippen molar-refractivity contribution in [3.8, 4) is 5.75 Å². The summed E-state index contributed by atoms with van der Waals surface area (Å²) in [7, 11) is 1.70. The van der Waals surface area contributed by atoms with Crippen LogP contribution in [-0.4, -0.2) is 13.7 Å². The van der Waals surface area contributed by atoms with E-state index < -0.39 is 0 Å². The summed E-state index contributed by atoms with van der Waals surface area (Å²) in [5.41, 5.74) is 2.58. The van der Waals surface area contributed by atoms with Crippen molar-refractivity contribution in [1.82, 2.24) is 5.32 Å². The number of ether oxygens (including phenoxy) is 1. The highest BCUT2D eigenvalue weighted by atomic mass is 79.9. The van der Waals surface area contributed by atoms with Gasteiger partial charge in [0.2, 0.25) is 0 Å². The molecular formula is C17H20BrNO. The van der Waals surface area contributed by atoms with Gasteiger partial charge in [-0.25, -0.2) is 0 Å². The van der Waals surface area contributed by atoms with Crippen LogP contribution in [0.3, 0.4) is 0 Å². The molecule has 0 saturated carbocycles. The van der Waals surface area contributed by atoms with Crippen molar-refractivity contribution in [2.45, 2.75) is 19.4 Å². The molecule has 1 atom stereocenters. The Balaban J connectivity index is 2.19. The van der Waals surface area contributed by atoms with E-state index in [0.29, 0.717) is 6.04 Å². The number of rotatable bonds is 6. The molecule has 0 radical (unpaired) electrons. The third-order valence-corrected chi connectivity index (χ3v) is 3.83. The normalized spacial score (nSPS) is 12.2. The second-order valence-corrected chi connectivity index (χ2v) is 5.63. The molecule has 0 bridgehead atoms. The maximum absolute atomic E-state index is 5.32. The highest BCUT2D eigenvalue weighted by molar-refractivity contribution is 9.10. The second-order valence-electron chi connectivity index (χ2n) is 4.72. The molecule has 2 aromatic carbocycles. The lowest BCUT2D eigenvalue weighted by Gasteiger charge is -2.19. The highest BCUT2D eigenvalue weighted by Crippen LogP contribution is 2.23. The summed E-state index contributed by atoms with van der Waals surface area (Å²) in [6.07, 6.45) is 0.967. The number of benzene rings is 2. The van der Waals surface area contributed by atoms with Crippen LogP contribution in [0, 0.1) is 0 Å². The summed E-state index contributed by atoms with van der Waals surface area (Å²) in [5, 5.41) is 3.55. The van der Waals surface area contributed by atoms with Gasteiger partial charge in [-0.1, -0.05) is 47.1 Å². The third kappa shape index (κ3) is 4.09. The Morgan fingerprint density at radius 1 is 1.15 bits per heavy atom. The number of likely N-dealkylation sites (N-methyl/N-ethyl adjacent to an activating group) is 1. The van der Waals surface area contributed by atoms with Crippen molar-refractivity contribution in [2.24, 2.45) is 0 Å². The lowest BCUT2D eigenvalue weighted by molar-refractivity contribution is 0.413. The van der Waals surface area contributed by atoms with E-state index in [-0.39, 0.29) is 0 Å². The maximum atomic E-state index is 5.32. The van der Waals surface area contributed by atoms with Gasteiger partial charge >= 0.3 is 0 Å². The summed E-state index contributed by atoms with van der Waals surface area (Å²) < 4.78 is 6.43. The molecule has 0 aliphatic carbocycles. The van der Waals surface area contributed by atoms with Crippen molar-refractivity contribution < 1.29 is 4.74 Å². The summed E-state index contributed by atoms with van der Waals surface area (Å²) in [6, 6.07) is 17.1. The molecular weight excluding hydrogens is 314 g/mol. The van der Waals surface area contributed by atoms with E-state index >= 15 is 0 Å². The zero-order chi connectivity index (χ0) is 14.4. The van der Waals surface area contributed by atoms with Gasteiger partial charge in [-0.3, -0.25) is 0 Å². The first-order chi connectivity index (χ1) is 9.72. The van der Waals surface area contributed by atoms with E-state index in [1.54, 1.807) is 7.11 Å². The molecule has 0 saturated heterocycles. The molecule has 1 N–H and O–H groups in total. The second kappa shape index (κ2) is 7.46. The lowest BCUT2D eigenvalue weighted by atomic mass is 9.98. The van der Waals surface area contributed by atoms with E-state index in [0.717, 1.165) is 23.2 Å². The quantitative estimate of drug-likeness (QED) is 0.848. The van der Waals surface area contributed by atoms with Gasteiger partial charge in [-0.15, -0.1) is 0 Å². The predicted molar refractivity (Wildman–Crippen MR) is 87.3 cm³/mol. The molecule has 0 amide bonds.